The van der Waals surface area contributed by atoms with Crippen molar-refractivity contribution in [3.8, 4) is 0 Å². The van der Waals surface area contributed by atoms with Crippen LogP contribution in [0.1, 0.15) is 15.9 Å². The molecule has 0 atom stereocenters. The van der Waals surface area contributed by atoms with Gasteiger partial charge >= 0.3 is 5.97 Å². The van der Waals surface area contributed by atoms with Gasteiger partial charge in [-0.15, -0.1) is 0 Å². The number of esters is 1. The van der Waals surface area contributed by atoms with Crippen LogP contribution in [0.25, 0.3) is 0 Å². The third-order valence-corrected chi connectivity index (χ3v) is 2.85. The molecule has 0 heterocycles. The molecule has 0 aliphatic heterocycles. The molecule has 0 spiro atoms. The highest BCUT2D eigenvalue weighted by Crippen LogP contribution is 2.23. The van der Waals surface area contributed by atoms with E-state index in [0.717, 1.165) is 16.9 Å². The first-order valence-electron chi connectivity index (χ1n) is 5.91. The summed E-state index contributed by atoms with van der Waals surface area (Å²) in [5.41, 5.74) is 9.71. The molecule has 0 fully saturated rings. The summed E-state index contributed by atoms with van der Waals surface area (Å²) >= 11 is 0. The number of anilines is 3. The molecule has 2 rings (SSSR count). The molecular weight excluding hydrogens is 240 g/mol. The Bertz CT molecular complexity index is 592. The predicted octanol–water partition coefficient (Wildman–Crippen LogP) is 3.11. The minimum atomic E-state index is -0.347. The Kier molecular flexibility index (Phi) is 3.71. The van der Waals surface area contributed by atoms with Gasteiger partial charge in [-0.1, -0.05) is 6.07 Å². The number of nitrogens with two attached hydrogens (primary N) is 1. The SMILES string of the molecule is COC(=O)c1ccc(C)c(Nc2ccc(N)cc2)c1. The average molecular weight is 256 g/mol. The zero-order chi connectivity index (χ0) is 13.8. The quantitative estimate of drug-likeness (QED) is 0.654. The van der Waals surface area contributed by atoms with E-state index in [9.17, 15) is 4.79 Å². The number of nitrogen functional groups attached to an aromatic ring is 1. The standard InChI is InChI=1S/C15H16N2O2/c1-10-3-4-11(15(18)19-2)9-14(10)17-13-7-5-12(16)6-8-13/h3-9,17H,16H2,1-2H3. The highest BCUT2D eigenvalue weighted by Gasteiger charge is 2.08. The van der Waals surface area contributed by atoms with Crippen LogP contribution in [0.5, 0.6) is 0 Å². The van der Waals surface area contributed by atoms with Gasteiger partial charge in [0.2, 0.25) is 0 Å². The fourth-order valence-electron chi connectivity index (χ4n) is 1.72. The van der Waals surface area contributed by atoms with Gasteiger partial charge < -0.3 is 15.8 Å². The van der Waals surface area contributed by atoms with Crippen LogP contribution < -0.4 is 11.1 Å². The maximum absolute atomic E-state index is 11.5. The van der Waals surface area contributed by atoms with Crippen LogP contribution in [0.2, 0.25) is 0 Å². The molecule has 0 saturated carbocycles. The fourth-order valence-corrected chi connectivity index (χ4v) is 1.72. The highest BCUT2D eigenvalue weighted by atomic mass is 16.5. The molecule has 3 N–H and O–H groups in total. The lowest BCUT2D eigenvalue weighted by Gasteiger charge is -2.11. The zero-order valence-corrected chi connectivity index (χ0v) is 10.9. The number of rotatable bonds is 3. The van der Waals surface area contributed by atoms with Crippen molar-refractivity contribution in [1.29, 1.82) is 0 Å². The number of aryl methyl sites for hydroxylation is 1. The van der Waals surface area contributed by atoms with Crippen molar-refractivity contribution in [2.75, 3.05) is 18.2 Å². The number of carbonyl (C=O) groups excluding carboxylic acids is 1. The van der Waals surface area contributed by atoms with Crippen LogP contribution >= 0.6 is 0 Å². The van der Waals surface area contributed by atoms with Gasteiger partial charge in [0.05, 0.1) is 12.7 Å². The number of ether oxygens (including phenoxy) is 1. The summed E-state index contributed by atoms with van der Waals surface area (Å²) in [5.74, 6) is -0.347. The predicted molar refractivity (Wildman–Crippen MR) is 76.7 cm³/mol. The Morgan fingerprint density at radius 1 is 1.16 bits per heavy atom. The lowest BCUT2D eigenvalue weighted by molar-refractivity contribution is 0.0601. The summed E-state index contributed by atoms with van der Waals surface area (Å²) in [6.45, 7) is 1.97. The van der Waals surface area contributed by atoms with Crippen molar-refractivity contribution >= 4 is 23.0 Å². The minimum absolute atomic E-state index is 0.347. The third-order valence-electron chi connectivity index (χ3n) is 2.85. The van der Waals surface area contributed by atoms with Crippen molar-refractivity contribution < 1.29 is 9.53 Å². The maximum Gasteiger partial charge on any atom is 0.337 e. The molecule has 0 radical (unpaired) electrons. The van der Waals surface area contributed by atoms with Gasteiger partial charge in [-0.3, -0.25) is 0 Å². The Morgan fingerprint density at radius 3 is 2.47 bits per heavy atom. The fraction of sp³-hybridized carbons (Fsp3) is 0.133. The maximum atomic E-state index is 11.5. The van der Waals surface area contributed by atoms with E-state index in [-0.39, 0.29) is 5.97 Å². The first-order chi connectivity index (χ1) is 9.10. The summed E-state index contributed by atoms with van der Waals surface area (Å²) in [5, 5.41) is 3.26. The van der Waals surface area contributed by atoms with Crippen LogP contribution in [0.4, 0.5) is 17.1 Å². The zero-order valence-electron chi connectivity index (χ0n) is 10.9. The average Bonchev–Trinajstić information content (AvgIpc) is 2.43. The summed E-state index contributed by atoms with van der Waals surface area (Å²) < 4.78 is 4.71. The van der Waals surface area contributed by atoms with E-state index in [1.165, 1.54) is 7.11 Å². The number of methoxy groups -OCH3 is 1. The van der Waals surface area contributed by atoms with Gasteiger partial charge in [0.1, 0.15) is 0 Å². The second-order valence-electron chi connectivity index (χ2n) is 4.27. The van der Waals surface area contributed by atoms with Crippen molar-refractivity contribution in [3.05, 3.63) is 53.6 Å². The largest absolute Gasteiger partial charge is 0.465 e. The number of benzene rings is 2. The molecule has 4 nitrogen and oxygen atoms in total. The molecule has 2 aromatic rings. The van der Waals surface area contributed by atoms with Crippen molar-refractivity contribution in [2.45, 2.75) is 6.92 Å². The van der Waals surface area contributed by atoms with Gasteiger partial charge in [-0.05, 0) is 48.9 Å². The molecule has 2 aromatic carbocycles. The molecular formula is C15H16N2O2. The highest BCUT2D eigenvalue weighted by molar-refractivity contribution is 5.91. The number of carbonyl (C=O) groups is 1. The third kappa shape index (κ3) is 3.04. The van der Waals surface area contributed by atoms with Crippen LogP contribution in [0, 0.1) is 6.92 Å². The number of hydrogen-bond donors (Lipinski definition) is 2. The number of nitrogens with one attached hydrogen (secondary N) is 1. The Labute approximate surface area is 112 Å². The Morgan fingerprint density at radius 2 is 1.84 bits per heavy atom. The molecule has 19 heavy (non-hydrogen) atoms. The molecule has 0 unspecified atom stereocenters. The Balaban J connectivity index is 2.28. The lowest BCUT2D eigenvalue weighted by Crippen LogP contribution is -2.03. The monoisotopic (exact) mass is 256 g/mol. The molecule has 0 amide bonds. The van der Waals surface area contributed by atoms with Gasteiger partial charge in [0, 0.05) is 17.1 Å². The van der Waals surface area contributed by atoms with Crippen molar-refractivity contribution in [2.24, 2.45) is 0 Å². The molecule has 0 aliphatic carbocycles. The van der Waals surface area contributed by atoms with Crippen molar-refractivity contribution in [3.63, 3.8) is 0 Å². The second kappa shape index (κ2) is 5.44. The second-order valence-corrected chi connectivity index (χ2v) is 4.27. The first-order valence-corrected chi connectivity index (χ1v) is 5.91. The molecule has 0 aromatic heterocycles. The van der Waals surface area contributed by atoms with Crippen LogP contribution in [-0.4, -0.2) is 13.1 Å². The number of hydrogen-bond acceptors (Lipinski definition) is 4. The van der Waals surface area contributed by atoms with E-state index in [2.05, 4.69) is 5.32 Å². The van der Waals surface area contributed by atoms with Gasteiger partial charge in [-0.25, -0.2) is 4.79 Å². The van der Waals surface area contributed by atoms with E-state index < -0.39 is 0 Å². The summed E-state index contributed by atoms with van der Waals surface area (Å²) in [6.07, 6.45) is 0. The molecule has 0 saturated heterocycles. The Hall–Kier alpha value is -2.49. The molecule has 98 valence electrons. The topological polar surface area (TPSA) is 64.3 Å². The van der Waals surface area contributed by atoms with E-state index in [0.29, 0.717) is 11.3 Å². The van der Waals surface area contributed by atoms with Gasteiger partial charge in [-0.2, -0.15) is 0 Å². The van der Waals surface area contributed by atoms with E-state index in [1.54, 1.807) is 12.1 Å². The molecule has 0 bridgehead atoms. The molecule has 0 aliphatic rings. The van der Waals surface area contributed by atoms with Crippen LogP contribution in [-0.2, 0) is 4.74 Å². The van der Waals surface area contributed by atoms with E-state index in [1.807, 2.05) is 37.3 Å². The lowest BCUT2D eigenvalue weighted by atomic mass is 10.1. The molecule has 4 heteroatoms. The smallest absolute Gasteiger partial charge is 0.337 e. The summed E-state index contributed by atoms with van der Waals surface area (Å²) in [7, 11) is 1.37. The minimum Gasteiger partial charge on any atom is -0.465 e. The van der Waals surface area contributed by atoms with Crippen LogP contribution in [0.15, 0.2) is 42.5 Å². The normalized spacial score (nSPS) is 10.0. The van der Waals surface area contributed by atoms with Gasteiger partial charge in [0.15, 0.2) is 0 Å². The van der Waals surface area contributed by atoms with E-state index in [4.69, 9.17) is 10.5 Å². The summed E-state index contributed by atoms with van der Waals surface area (Å²) in [6, 6.07) is 12.8. The van der Waals surface area contributed by atoms with Crippen LogP contribution in [0.3, 0.4) is 0 Å². The van der Waals surface area contributed by atoms with E-state index >= 15 is 0 Å². The summed E-state index contributed by atoms with van der Waals surface area (Å²) in [4.78, 5) is 11.5. The first kappa shape index (κ1) is 13.0. The van der Waals surface area contributed by atoms with Gasteiger partial charge in [0.25, 0.3) is 0 Å². The van der Waals surface area contributed by atoms with Crippen molar-refractivity contribution in [1.82, 2.24) is 0 Å².